The van der Waals surface area contributed by atoms with Crippen LogP contribution >= 0.6 is 0 Å². The third-order valence-electron chi connectivity index (χ3n) is 3.16. The highest BCUT2D eigenvalue weighted by Gasteiger charge is 2.18. The zero-order chi connectivity index (χ0) is 18.4. The van der Waals surface area contributed by atoms with E-state index in [1.165, 1.54) is 19.1 Å². The number of nitrogens with one attached hydrogen (secondary N) is 2. The van der Waals surface area contributed by atoms with Crippen molar-refractivity contribution in [2.24, 2.45) is 0 Å². The van der Waals surface area contributed by atoms with E-state index in [2.05, 4.69) is 5.32 Å². The second-order valence-electron chi connectivity index (χ2n) is 5.05. The molecular formula is C16H14N4O5. The molecular weight excluding hydrogens is 328 g/mol. The Morgan fingerprint density at radius 1 is 1.28 bits per heavy atom. The molecule has 9 heteroatoms. The molecule has 1 aromatic heterocycles. The van der Waals surface area contributed by atoms with Gasteiger partial charge in [-0.15, -0.1) is 0 Å². The summed E-state index contributed by atoms with van der Waals surface area (Å²) in [5.41, 5.74) is -0.434. The van der Waals surface area contributed by atoms with Crippen molar-refractivity contribution in [1.29, 1.82) is 5.26 Å². The molecule has 9 nitrogen and oxygen atoms in total. The number of aromatic amines is 1. The molecule has 25 heavy (non-hydrogen) atoms. The van der Waals surface area contributed by atoms with Gasteiger partial charge in [0.1, 0.15) is 6.54 Å². The standard InChI is InChI=1S/C16H14N4O5/c1-10(15(23)18-12-4-2-11(8-17)3-5-12)25-14(22)9-20-7-6-13(21)19-16(20)24/h2-7,10H,9H2,1H3,(H,18,23)(H,19,21,24)/t10-/m0/s1. The monoisotopic (exact) mass is 342 g/mol. The van der Waals surface area contributed by atoms with Gasteiger partial charge in [-0.3, -0.25) is 23.9 Å². The second-order valence-corrected chi connectivity index (χ2v) is 5.05. The van der Waals surface area contributed by atoms with Crippen LogP contribution in [-0.4, -0.2) is 27.5 Å². The predicted octanol–water partition coefficient (Wildman–Crippen LogP) is -0.0213. The lowest BCUT2D eigenvalue weighted by molar-refractivity contribution is -0.153. The number of H-pyrrole nitrogens is 1. The number of rotatable bonds is 5. The molecule has 0 aliphatic heterocycles. The summed E-state index contributed by atoms with van der Waals surface area (Å²) in [6, 6.07) is 9.21. The van der Waals surface area contributed by atoms with Crippen LogP contribution in [0.1, 0.15) is 12.5 Å². The molecule has 2 rings (SSSR count). The number of carbonyl (C=O) groups is 2. The van der Waals surface area contributed by atoms with Crippen LogP contribution in [0.4, 0.5) is 5.69 Å². The number of anilines is 1. The highest BCUT2D eigenvalue weighted by Crippen LogP contribution is 2.09. The van der Waals surface area contributed by atoms with Crippen molar-refractivity contribution in [1.82, 2.24) is 9.55 Å². The summed E-state index contributed by atoms with van der Waals surface area (Å²) in [6.45, 7) is 0.941. The number of nitriles is 1. The van der Waals surface area contributed by atoms with Gasteiger partial charge in [-0.2, -0.15) is 5.26 Å². The van der Waals surface area contributed by atoms with Crippen LogP contribution in [0.25, 0.3) is 0 Å². The Morgan fingerprint density at radius 2 is 1.96 bits per heavy atom. The molecule has 0 saturated carbocycles. The van der Waals surface area contributed by atoms with Crippen LogP contribution in [0, 0.1) is 11.3 Å². The number of carbonyl (C=O) groups excluding carboxylic acids is 2. The zero-order valence-corrected chi connectivity index (χ0v) is 13.2. The van der Waals surface area contributed by atoms with Gasteiger partial charge >= 0.3 is 11.7 Å². The SMILES string of the molecule is C[C@H](OC(=O)Cn1ccc(=O)[nH]c1=O)C(=O)Nc1ccc(C#N)cc1. The summed E-state index contributed by atoms with van der Waals surface area (Å²) in [7, 11) is 0. The lowest BCUT2D eigenvalue weighted by Gasteiger charge is -2.14. The molecule has 128 valence electrons. The Kier molecular flexibility index (Phi) is 5.47. The third kappa shape index (κ3) is 4.90. The first-order chi connectivity index (χ1) is 11.9. The molecule has 0 aliphatic carbocycles. The number of amides is 1. The fourth-order valence-electron chi connectivity index (χ4n) is 1.87. The molecule has 0 unspecified atom stereocenters. The summed E-state index contributed by atoms with van der Waals surface area (Å²) >= 11 is 0. The van der Waals surface area contributed by atoms with Crippen LogP contribution in [0.5, 0.6) is 0 Å². The molecule has 0 fully saturated rings. The van der Waals surface area contributed by atoms with Gasteiger partial charge in [-0.1, -0.05) is 0 Å². The maximum absolute atomic E-state index is 12.0. The first-order valence-electron chi connectivity index (χ1n) is 7.19. The molecule has 0 saturated heterocycles. The number of aromatic nitrogens is 2. The van der Waals surface area contributed by atoms with E-state index in [0.29, 0.717) is 11.3 Å². The van der Waals surface area contributed by atoms with Crippen LogP contribution in [0.3, 0.4) is 0 Å². The van der Waals surface area contributed by atoms with Crippen molar-refractivity contribution < 1.29 is 14.3 Å². The lowest BCUT2D eigenvalue weighted by atomic mass is 10.2. The third-order valence-corrected chi connectivity index (χ3v) is 3.16. The zero-order valence-electron chi connectivity index (χ0n) is 13.2. The van der Waals surface area contributed by atoms with Gasteiger partial charge in [-0.05, 0) is 31.2 Å². The Labute approximate surface area is 141 Å². The van der Waals surface area contributed by atoms with Crippen LogP contribution < -0.4 is 16.6 Å². The van der Waals surface area contributed by atoms with Crippen LogP contribution in [0.2, 0.25) is 0 Å². The smallest absolute Gasteiger partial charge is 0.328 e. The molecule has 1 atom stereocenters. The largest absolute Gasteiger partial charge is 0.451 e. The van der Waals surface area contributed by atoms with Crippen molar-refractivity contribution in [3.05, 3.63) is 62.9 Å². The predicted molar refractivity (Wildman–Crippen MR) is 86.7 cm³/mol. The van der Waals surface area contributed by atoms with Crippen molar-refractivity contribution in [2.45, 2.75) is 19.6 Å². The Hall–Kier alpha value is -3.67. The molecule has 1 amide bonds. The average Bonchev–Trinajstić information content (AvgIpc) is 2.58. The molecule has 0 aliphatic rings. The summed E-state index contributed by atoms with van der Waals surface area (Å²) in [6.07, 6.45) is 0.0609. The van der Waals surface area contributed by atoms with Gasteiger partial charge in [0.15, 0.2) is 6.10 Å². The van der Waals surface area contributed by atoms with E-state index < -0.39 is 35.8 Å². The number of nitrogens with zero attached hydrogens (tertiary/aromatic N) is 2. The minimum Gasteiger partial charge on any atom is -0.451 e. The second kappa shape index (κ2) is 7.74. The molecule has 1 aromatic carbocycles. The summed E-state index contributed by atoms with van der Waals surface area (Å²) < 4.78 is 5.92. The summed E-state index contributed by atoms with van der Waals surface area (Å²) in [5.74, 6) is -1.37. The fourth-order valence-corrected chi connectivity index (χ4v) is 1.87. The van der Waals surface area contributed by atoms with Gasteiger partial charge in [0.05, 0.1) is 11.6 Å². The number of hydrogen-bond acceptors (Lipinski definition) is 6. The molecule has 2 N–H and O–H groups in total. The minimum atomic E-state index is -1.10. The van der Waals surface area contributed by atoms with E-state index in [1.807, 2.05) is 11.1 Å². The number of hydrogen-bond donors (Lipinski definition) is 2. The normalized spacial score (nSPS) is 11.2. The van der Waals surface area contributed by atoms with Gasteiger partial charge in [-0.25, -0.2) is 4.79 Å². The molecule has 0 spiro atoms. The summed E-state index contributed by atoms with van der Waals surface area (Å²) in [4.78, 5) is 48.3. The van der Waals surface area contributed by atoms with Gasteiger partial charge in [0.2, 0.25) is 0 Å². The number of benzene rings is 1. The Bertz CT molecular complexity index is 936. The molecule has 2 aromatic rings. The Balaban J connectivity index is 1.93. The van der Waals surface area contributed by atoms with Crippen LogP contribution in [-0.2, 0) is 20.9 Å². The van der Waals surface area contributed by atoms with Gasteiger partial charge in [0, 0.05) is 18.0 Å². The molecule has 0 radical (unpaired) electrons. The van der Waals surface area contributed by atoms with Crippen molar-refractivity contribution in [3.8, 4) is 6.07 Å². The first-order valence-corrected chi connectivity index (χ1v) is 7.19. The lowest BCUT2D eigenvalue weighted by Crippen LogP contribution is -2.34. The number of ether oxygens (including phenoxy) is 1. The van der Waals surface area contributed by atoms with Gasteiger partial charge < -0.3 is 10.1 Å². The van der Waals surface area contributed by atoms with E-state index >= 15 is 0 Å². The van der Waals surface area contributed by atoms with Crippen molar-refractivity contribution in [2.75, 3.05) is 5.32 Å². The van der Waals surface area contributed by atoms with E-state index in [4.69, 9.17) is 10.00 Å². The fraction of sp³-hybridized carbons (Fsp3) is 0.188. The van der Waals surface area contributed by atoms with E-state index in [0.717, 1.165) is 16.8 Å². The topological polar surface area (TPSA) is 134 Å². The van der Waals surface area contributed by atoms with E-state index in [9.17, 15) is 19.2 Å². The van der Waals surface area contributed by atoms with Crippen molar-refractivity contribution >= 4 is 17.6 Å². The highest BCUT2D eigenvalue weighted by molar-refractivity contribution is 5.95. The first kappa shape index (κ1) is 17.7. The molecule has 0 bridgehead atoms. The van der Waals surface area contributed by atoms with E-state index in [-0.39, 0.29) is 0 Å². The van der Waals surface area contributed by atoms with Gasteiger partial charge in [0.25, 0.3) is 11.5 Å². The minimum absolute atomic E-state index is 0.440. The van der Waals surface area contributed by atoms with Crippen molar-refractivity contribution in [3.63, 3.8) is 0 Å². The Morgan fingerprint density at radius 3 is 2.56 bits per heavy atom. The quantitative estimate of drug-likeness (QED) is 0.733. The van der Waals surface area contributed by atoms with E-state index in [1.54, 1.807) is 12.1 Å². The number of esters is 1. The highest BCUT2D eigenvalue weighted by atomic mass is 16.5. The summed E-state index contributed by atoms with van der Waals surface area (Å²) in [5, 5.41) is 11.3. The maximum atomic E-state index is 12.0. The average molecular weight is 342 g/mol. The van der Waals surface area contributed by atoms with Crippen LogP contribution in [0.15, 0.2) is 46.1 Å². The maximum Gasteiger partial charge on any atom is 0.328 e. The molecule has 1 heterocycles.